The highest BCUT2D eigenvalue weighted by atomic mass is 32.2. The van der Waals surface area contributed by atoms with Crippen LogP contribution in [0.4, 0.5) is 0 Å². The zero-order valence-electron chi connectivity index (χ0n) is 9.27. The standard InChI is InChI=1S/C10H16N2O2S/c1-4-12-6-5-11-10(12)15-8(2)7-9(13)14-3/h5-6,8H,4,7H2,1-3H3. The first kappa shape index (κ1) is 12.1. The van der Waals surface area contributed by atoms with Crippen LogP contribution in [0, 0.1) is 0 Å². The third-order valence-corrected chi connectivity index (χ3v) is 3.13. The molecule has 0 saturated carbocycles. The Hall–Kier alpha value is -0.970. The van der Waals surface area contributed by atoms with Gasteiger partial charge in [0.25, 0.3) is 0 Å². The van der Waals surface area contributed by atoms with Crippen LogP contribution in [0.1, 0.15) is 20.3 Å². The normalized spacial score (nSPS) is 12.5. The van der Waals surface area contributed by atoms with E-state index in [0.717, 1.165) is 11.7 Å². The summed E-state index contributed by atoms with van der Waals surface area (Å²) >= 11 is 1.60. The summed E-state index contributed by atoms with van der Waals surface area (Å²) in [5, 5.41) is 1.14. The van der Waals surface area contributed by atoms with Crippen LogP contribution in [0.3, 0.4) is 0 Å². The second kappa shape index (κ2) is 5.80. The molecule has 0 fully saturated rings. The molecule has 0 spiro atoms. The number of hydrogen-bond acceptors (Lipinski definition) is 4. The van der Waals surface area contributed by atoms with E-state index in [2.05, 4.69) is 21.2 Å². The first-order valence-corrected chi connectivity index (χ1v) is 5.80. The Balaban J connectivity index is 2.50. The SMILES string of the molecule is CCn1ccnc1SC(C)CC(=O)OC. The molecule has 0 saturated heterocycles. The smallest absolute Gasteiger partial charge is 0.306 e. The summed E-state index contributed by atoms with van der Waals surface area (Å²) in [6, 6.07) is 0. The first-order valence-electron chi connectivity index (χ1n) is 4.92. The molecule has 1 atom stereocenters. The summed E-state index contributed by atoms with van der Waals surface area (Å²) in [4.78, 5) is 15.3. The number of hydrogen-bond donors (Lipinski definition) is 0. The van der Waals surface area contributed by atoms with Gasteiger partial charge in [-0.1, -0.05) is 18.7 Å². The summed E-state index contributed by atoms with van der Waals surface area (Å²) in [6.07, 6.45) is 4.13. The maximum Gasteiger partial charge on any atom is 0.306 e. The number of thioether (sulfide) groups is 1. The minimum Gasteiger partial charge on any atom is -0.469 e. The number of carbonyl (C=O) groups is 1. The molecule has 15 heavy (non-hydrogen) atoms. The Kier molecular flexibility index (Phi) is 4.68. The van der Waals surface area contributed by atoms with Crippen LogP contribution in [0.25, 0.3) is 0 Å². The maximum atomic E-state index is 11.0. The Morgan fingerprint density at radius 1 is 1.73 bits per heavy atom. The van der Waals surface area contributed by atoms with Gasteiger partial charge in [-0.25, -0.2) is 4.98 Å². The molecule has 1 aromatic heterocycles. The highest BCUT2D eigenvalue weighted by Crippen LogP contribution is 2.23. The van der Waals surface area contributed by atoms with Crippen molar-refractivity contribution in [3.8, 4) is 0 Å². The Labute approximate surface area is 94.0 Å². The topological polar surface area (TPSA) is 44.1 Å². The molecule has 5 heteroatoms. The zero-order valence-corrected chi connectivity index (χ0v) is 10.1. The Morgan fingerprint density at radius 3 is 3.07 bits per heavy atom. The minimum atomic E-state index is -0.176. The number of methoxy groups -OCH3 is 1. The fourth-order valence-electron chi connectivity index (χ4n) is 1.19. The number of ether oxygens (including phenoxy) is 1. The fraction of sp³-hybridized carbons (Fsp3) is 0.600. The van der Waals surface area contributed by atoms with Crippen molar-refractivity contribution < 1.29 is 9.53 Å². The molecule has 0 aromatic carbocycles. The molecule has 0 aliphatic rings. The molecule has 0 aliphatic heterocycles. The van der Waals surface area contributed by atoms with Crippen molar-refractivity contribution in [1.82, 2.24) is 9.55 Å². The minimum absolute atomic E-state index is 0.176. The van der Waals surface area contributed by atoms with E-state index in [1.54, 1.807) is 18.0 Å². The third-order valence-electron chi connectivity index (χ3n) is 2.01. The van der Waals surface area contributed by atoms with Crippen LogP contribution < -0.4 is 0 Å². The number of imidazole rings is 1. The van der Waals surface area contributed by atoms with Crippen molar-refractivity contribution in [3.63, 3.8) is 0 Å². The number of esters is 1. The molecule has 0 aliphatic carbocycles. The average Bonchev–Trinajstić information content (AvgIpc) is 2.64. The number of rotatable bonds is 5. The number of aryl methyl sites for hydroxylation is 1. The van der Waals surface area contributed by atoms with Gasteiger partial charge in [0.05, 0.1) is 13.5 Å². The third kappa shape index (κ3) is 3.58. The maximum absolute atomic E-state index is 11.0. The predicted molar refractivity (Wildman–Crippen MR) is 59.9 cm³/mol. The van der Waals surface area contributed by atoms with Crippen LogP contribution in [0.5, 0.6) is 0 Å². The molecule has 1 aromatic rings. The van der Waals surface area contributed by atoms with Crippen LogP contribution in [0.2, 0.25) is 0 Å². The second-order valence-electron chi connectivity index (χ2n) is 3.20. The van der Waals surface area contributed by atoms with Crippen molar-refractivity contribution in [1.29, 1.82) is 0 Å². The summed E-state index contributed by atoms with van der Waals surface area (Å²) in [6.45, 7) is 4.96. The molecule has 0 amide bonds. The molecule has 0 bridgehead atoms. The lowest BCUT2D eigenvalue weighted by Crippen LogP contribution is -2.09. The van der Waals surface area contributed by atoms with Gasteiger partial charge in [-0.15, -0.1) is 0 Å². The van der Waals surface area contributed by atoms with Crippen molar-refractivity contribution in [2.24, 2.45) is 0 Å². The van der Waals surface area contributed by atoms with E-state index in [4.69, 9.17) is 0 Å². The summed E-state index contributed by atoms with van der Waals surface area (Å²) in [5.41, 5.74) is 0. The van der Waals surface area contributed by atoms with Crippen LogP contribution >= 0.6 is 11.8 Å². The summed E-state index contributed by atoms with van der Waals surface area (Å²) in [7, 11) is 1.41. The Morgan fingerprint density at radius 2 is 2.47 bits per heavy atom. The molecule has 1 rings (SSSR count). The van der Waals surface area contributed by atoms with E-state index < -0.39 is 0 Å². The van der Waals surface area contributed by atoms with E-state index in [9.17, 15) is 4.79 Å². The number of nitrogens with zero attached hydrogens (tertiary/aromatic N) is 2. The van der Waals surface area contributed by atoms with Gasteiger partial charge in [0.2, 0.25) is 0 Å². The van der Waals surface area contributed by atoms with Gasteiger partial charge in [0, 0.05) is 24.2 Å². The number of aromatic nitrogens is 2. The molecular formula is C10H16N2O2S. The van der Waals surface area contributed by atoms with E-state index in [1.807, 2.05) is 13.1 Å². The fourth-order valence-corrected chi connectivity index (χ4v) is 2.22. The van der Waals surface area contributed by atoms with E-state index in [0.29, 0.717) is 6.42 Å². The monoisotopic (exact) mass is 228 g/mol. The molecular weight excluding hydrogens is 212 g/mol. The highest BCUT2D eigenvalue weighted by Gasteiger charge is 2.13. The average molecular weight is 228 g/mol. The molecule has 1 heterocycles. The van der Waals surface area contributed by atoms with Crippen molar-refractivity contribution in [3.05, 3.63) is 12.4 Å². The lowest BCUT2D eigenvalue weighted by molar-refractivity contribution is -0.140. The largest absolute Gasteiger partial charge is 0.469 e. The molecule has 0 radical (unpaired) electrons. The first-order chi connectivity index (χ1) is 7.17. The zero-order chi connectivity index (χ0) is 11.3. The Bertz CT molecular complexity index is 325. The van der Waals surface area contributed by atoms with Gasteiger partial charge in [-0.05, 0) is 6.92 Å². The van der Waals surface area contributed by atoms with Crippen LogP contribution in [-0.4, -0.2) is 27.9 Å². The predicted octanol–water partition coefficient (Wildman–Crippen LogP) is 1.95. The van der Waals surface area contributed by atoms with E-state index in [-0.39, 0.29) is 11.2 Å². The number of carbonyl (C=O) groups excluding carboxylic acids is 1. The second-order valence-corrected chi connectivity index (χ2v) is 4.61. The quantitative estimate of drug-likeness (QED) is 0.570. The highest BCUT2D eigenvalue weighted by molar-refractivity contribution is 7.99. The van der Waals surface area contributed by atoms with Crippen LogP contribution in [0.15, 0.2) is 17.6 Å². The summed E-state index contributed by atoms with van der Waals surface area (Å²) in [5.74, 6) is -0.176. The lowest BCUT2D eigenvalue weighted by Gasteiger charge is -2.10. The van der Waals surface area contributed by atoms with Crippen molar-refractivity contribution in [2.75, 3.05) is 7.11 Å². The molecule has 0 N–H and O–H groups in total. The molecule has 1 unspecified atom stereocenters. The van der Waals surface area contributed by atoms with Gasteiger partial charge in [0.15, 0.2) is 5.16 Å². The van der Waals surface area contributed by atoms with Gasteiger partial charge >= 0.3 is 5.97 Å². The van der Waals surface area contributed by atoms with Crippen molar-refractivity contribution in [2.45, 2.75) is 37.2 Å². The van der Waals surface area contributed by atoms with Gasteiger partial charge in [0.1, 0.15) is 0 Å². The van der Waals surface area contributed by atoms with Crippen molar-refractivity contribution >= 4 is 17.7 Å². The van der Waals surface area contributed by atoms with E-state index in [1.165, 1.54) is 7.11 Å². The lowest BCUT2D eigenvalue weighted by atomic mass is 10.3. The van der Waals surface area contributed by atoms with Gasteiger partial charge < -0.3 is 9.30 Å². The van der Waals surface area contributed by atoms with Crippen LogP contribution in [-0.2, 0) is 16.1 Å². The van der Waals surface area contributed by atoms with E-state index >= 15 is 0 Å². The molecule has 4 nitrogen and oxygen atoms in total. The summed E-state index contributed by atoms with van der Waals surface area (Å²) < 4.78 is 6.67. The van der Waals surface area contributed by atoms with Gasteiger partial charge in [-0.3, -0.25) is 4.79 Å². The van der Waals surface area contributed by atoms with Gasteiger partial charge in [-0.2, -0.15) is 0 Å². The molecule has 84 valence electrons.